The lowest BCUT2D eigenvalue weighted by molar-refractivity contribution is 0.141. The van der Waals surface area contributed by atoms with E-state index < -0.39 is 6.10 Å². The van der Waals surface area contributed by atoms with Crippen LogP contribution in [0.25, 0.3) is 10.8 Å². The van der Waals surface area contributed by atoms with E-state index in [0.717, 1.165) is 16.3 Å². The molecule has 0 unspecified atom stereocenters. The maximum atomic E-state index is 9.73. The van der Waals surface area contributed by atoms with Crippen molar-refractivity contribution in [2.24, 2.45) is 5.73 Å². The van der Waals surface area contributed by atoms with E-state index in [9.17, 15) is 10.2 Å². The zero-order chi connectivity index (χ0) is 12.4. The minimum atomic E-state index is -0.524. The molecule has 0 spiro atoms. The number of benzene rings is 2. The minimum Gasteiger partial charge on any atom is -0.508 e. The third kappa shape index (κ3) is 2.93. The Labute approximate surface area is 113 Å². The summed E-state index contributed by atoms with van der Waals surface area (Å²) < 4.78 is 0. The van der Waals surface area contributed by atoms with Crippen molar-refractivity contribution >= 4 is 23.2 Å². The summed E-state index contributed by atoms with van der Waals surface area (Å²) in [6.07, 6.45) is 0.110. The molecule has 0 radical (unpaired) electrons. The van der Waals surface area contributed by atoms with Gasteiger partial charge in [0.25, 0.3) is 0 Å². The molecule has 0 aliphatic heterocycles. The van der Waals surface area contributed by atoms with Crippen LogP contribution in [-0.2, 0) is 0 Å². The van der Waals surface area contributed by atoms with Crippen molar-refractivity contribution in [1.82, 2.24) is 0 Å². The summed E-state index contributed by atoms with van der Waals surface area (Å²) in [5.74, 6) is 0.253. The Morgan fingerprint density at radius 2 is 1.72 bits per heavy atom. The predicted molar refractivity (Wildman–Crippen MR) is 76.1 cm³/mol. The van der Waals surface area contributed by atoms with Crippen LogP contribution < -0.4 is 5.73 Å². The molecule has 0 saturated heterocycles. The van der Waals surface area contributed by atoms with Gasteiger partial charge in [0.05, 0.1) is 12.1 Å². The smallest absolute Gasteiger partial charge is 0.116 e. The average Bonchev–Trinajstić information content (AvgIpc) is 2.36. The van der Waals surface area contributed by atoms with E-state index in [4.69, 9.17) is 5.73 Å². The second-order valence-corrected chi connectivity index (χ2v) is 4.29. The molecular weight excluding hydrogens is 250 g/mol. The molecule has 0 amide bonds. The molecular formula is C14H18ClNO2. The zero-order valence-corrected chi connectivity index (χ0v) is 11.0. The summed E-state index contributed by atoms with van der Waals surface area (Å²) in [4.78, 5) is 0. The molecule has 0 aromatic heterocycles. The van der Waals surface area contributed by atoms with Crippen LogP contribution in [0.4, 0.5) is 0 Å². The minimum absolute atomic E-state index is 0. The second kappa shape index (κ2) is 6.05. The van der Waals surface area contributed by atoms with Gasteiger partial charge in [0.15, 0.2) is 0 Å². The van der Waals surface area contributed by atoms with Crippen LogP contribution in [0, 0.1) is 0 Å². The first-order valence-corrected chi connectivity index (χ1v) is 5.78. The van der Waals surface area contributed by atoms with Crippen LogP contribution in [0.15, 0.2) is 36.4 Å². The molecule has 0 saturated carbocycles. The van der Waals surface area contributed by atoms with E-state index in [1.807, 2.05) is 31.2 Å². The van der Waals surface area contributed by atoms with Crippen molar-refractivity contribution in [2.75, 3.05) is 0 Å². The Bertz CT molecular complexity index is 530. The standard InChI is InChI=1S/C14H17NO2.ClH/c1-2-13(17)14(15)11-4-3-10-8-12(16)6-5-9(10)7-11;/h3-8,13-14,16-17H,2,15H2,1H3;1H/t13-,14+;/m0./s1. The van der Waals surface area contributed by atoms with Gasteiger partial charge in [-0.25, -0.2) is 0 Å². The highest BCUT2D eigenvalue weighted by molar-refractivity contribution is 5.85. The van der Waals surface area contributed by atoms with Gasteiger partial charge in [0.2, 0.25) is 0 Å². The summed E-state index contributed by atoms with van der Waals surface area (Å²) in [6.45, 7) is 1.91. The summed E-state index contributed by atoms with van der Waals surface area (Å²) in [5, 5.41) is 21.1. The Kier molecular flexibility index (Phi) is 4.96. The zero-order valence-electron chi connectivity index (χ0n) is 10.2. The van der Waals surface area contributed by atoms with Gasteiger partial charge >= 0.3 is 0 Å². The maximum absolute atomic E-state index is 9.73. The molecule has 2 atom stereocenters. The number of fused-ring (bicyclic) bond motifs is 1. The summed E-state index contributed by atoms with van der Waals surface area (Å²) in [7, 11) is 0. The monoisotopic (exact) mass is 267 g/mol. The fraction of sp³-hybridized carbons (Fsp3) is 0.286. The van der Waals surface area contributed by atoms with Gasteiger partial charge in [-0.2, -0.15) is 0 Å². The molecule has 2 aromatic rings. The van der Waals surface area contributed by atoms with Crippen molar-refractivity contribution in [3.05, 3.63) is 42.0 Å². The number of phenols is 1. The fourth-order valence-corrected chi connectivity index (χ4v) is 1.94. The number of aliphatic hydroxyl groups is 1. The Morgan fingerprint density at radius 3 is 2.39 bits per heavy atom. The van der Waals surface area contributed by atoms with Gasteiger partial charge < -0.3 is 15.9 Å². The topological polar surface area (TPSA) is 66.5 Å². The lowest BCUT2D eigenvalue weighted by atomic mass is 9.97. The van der Waals surface area contributed by atoms with Crippen LogP contribution in [0.3, 0.4) is 0 Å². The van der Waals surface area contributed by atoms with E-state index in [2.05, 4.69) is 0 Å². The first kappa shape index (κ1) is 14.8. The van der Waals surface area contributed by atoms with E-state index in [0.29, 0.717) is 6.42 Å². The number of hydrogen-bond donors (Lipinski definition) is 3. The van der Waals surface area contributed by atoms with Crippen molar-refractivity contribution in [2.45, 2.75) is 25.5 Å². The number of nitrogens with two attached hydrogens (primary N) is 1. The molecule has 18 heavy (non-hydrogen) atoms. The second-order valence-electron chi connectivity index (χ2n) is 4.29. The Hall–Kier alpha value is -1.29. The van der Waals surface area contributed by atoms with E-state index >= 15 is 0 Å². The number of hydrogen-bond acceptors (Lipinski definition) is 3. The number of aliphatic hydroxyl groups excluding tert-OH is 1. The highest BCUT2D eigenvalue weighted by Crippen LogP contribution is 2.24. The third-order valence-corrected chi connectivity index (χ3v) is 3.07. The normalized spacial score (nSPS) is 13.9. The lowest BCUT2D eigenvalue weighted by Gasteiger charge is -2.18. The lowest BCUT2D eigenvalue weighted by Crippen LogP contribution is -2.25. The highest BCUT2D eigenvalue weighted by Gasteiger charge is 2.14. The van der Waals surface area contributed by atoms with Crippen molar-refractivity contribution < 1.29 is 10.2 Å². The molecule has 0 aliphatic carbocycles. The van der Waals surface area contributed by atoms with Crippen LogP contribution in [-0.4, -0.2) is 16.3 Å². The molecule has 0 bridgehead atoms. The van der Waals surface area contributed by atoms with E-state index in [1.165, 1.54) is 0 Å². The van der Waals surface area contributed by atoms with Gasteiger partial charge in [-0.1, -0.05) is 25.1 Å². The first-order chi connectivity index (χ1) is 8.11. The van der Waals surface area contributed by atoms with Gasteiger partial charge in [0, 0.05) is 0 Å². The van der Waals surface area contributed by atoms with Gasteiger partial charge in [-0.15, -0.1) is 12.4 Å². The molecule has 4 N–H and O–H groups in total. The molecule has 98 valence electrons. The van der Waals surface area contributed by atoms with Crippen molar-refractivity contribution in [1.29, 1.82) is 0 Å². The van der Waals surface area contributed by atoms with Crippen molar-refractivity contribution in [3.8, 4) is 5.75 Å². The van der Waals surface area contributed by atoms with Gasteiger partial charge in [-0.05, 0) is 41.0 Å². The van der Waals surface area contributed by atoms with Gasteiger partial charge in [-0.3, -0.25) is 0 Å². The summed E-state index contributed by atoms with van der Waals surface area (Å²) in [5.41, 5.74) is 6.88. The molecule has 3 nitrogen and oxygen atoms in total. The van der Waals surface area contributed by atoms with Crippen LogP contribution in [0.5, 0.6) is 5.75 Å². The first-order valence-electron chi connectivity index (χ1n) is 5.78. The SMILES string of the molecule is CC[C@H](O)[C@H](N)c1ccc2cc(O)ccc2c1.Cl. The number of rotatable bonds is 3. The number of phenolic OH excluding ortho intramolecular Hbond substituents is 1. The molecule has 0 aliphatic rings. The number of halogens is 1. The summed E-state index contributed by atoms with van der Waals surface area (Å²) >= 11 is 0. The van der Waals surface area contributed by atoms with Crippen LogP contribution >= 0.6 is 12.4 Å². The van der Waals surface area contributed by atoms with E-state index in [1.54, 1.807) is 12.1 Å². The van der Waals surface area contributed by atoms with Crippen LogP contribution in [0.2, 0.25) is 0 Å². The van der Waals surface area contributed by atoms with E-state index in [-0.39, 0.29) is 24.2 Å². The molecule has 0 fully saturated rings. The molecule has 2 aromatic carbocycles. The molecule has 2 rings (SSSR count). The number of aromatic hydroxyl groups is 1. The largest absolute Gasteiger partial charge is 0.508 e. The Balaban J connectivity index is 0.00000162. The van der Waals surface area contributed by atoms with Crippen LogP contribution in [0.1, 0.15) is 24.9 Å². The van der Waals surface area contributed by atoms with Gasteiger partial charge in [0.1, 0.15) is 5.75 Å². The average molecular weight is 268 g/mol. The Morgan fingerprint density at radius 1 is 1.11 bits per heavy atom. The quantitative estimate of drug-likeness (QED) is 0.801. The van der Waals surface area contributed by atoms with Crippen molar-refractivity contribution in [3.63, 3.8) is 0 Å². The maximum Gasteiger partial charge on any atom is 0.116 e. The molecule has 0 heterocycles. The fourth-order valence-electron chi connectivity index (χ4n) is 1.94. The summed E-state index contributed by atoms with van der Waals surface area (Å²) in [6, 6.07) is 10.6. The predicted octanol–water partition coefficient (Wildman–Crippen LogP) is 2.74. The molecule has 4 heteroatoms. The third-order valence-electron chi connectivity index (χ3n) is 3.07. The highest BCUT2D eigenvalue weighted by atomic mass is 35.5.